The smallest absolute Gasteiger partial charge is 0.313 e. The number of carbonyl (C=O) groups excluding carboxylic acids is 1. The number of esters is 1. The van der Waals surface area contributed by atoms with Crippen LogP contribution >= 0.6 is 19.0 Å². The summed E-state index contributed by atoms with van der Waals surface area (Å²) in [6.07, 6.45) is -0.147. The van der Waals surface area contributed by atoms with Gasteiger partial charge in [-0.3, -0.25) is 34.1 Å². The average Bonchev–Trinajstić information content (AvgIpc) is 2.73. The Morgan fingerprint density at radius 2 is 1.70 bits per heavy atom. The molecule has 2 rings (SSSR count). The SMILES string of the molecule is CCP(=O)(OCOC(=O)C(C)(C)C)c1cc(Oc2ccc(Cl)cc2[N+](=O)[O-])ccc1[N+](=O)[O-]. The van der Waals surface area contributed by atoms with E-state index in [2.05, 4.69) is 0 Å². The maximum Gasteiger partial charge on any atom is 0.313 e. The lowest BCUT2D eigenvalue weighted by molar-refractivity contribution is -0.385. The van der Waals surface area contributed by atoms with Gasteiger partial charge in [0.25, 0.3) is 5.69 Å². The van der Waals surface area contributed by atoms with Crippen LogP contribution < -0.4 is 10.0 Å². The van der Waals surface area contributed by atoms with Gasteiger partial charge < -0.3 is 9.47 Å². The Balaban J connectivity index is 2.42. The summed E-state index contributed by atoms with van der Waals surface area (Å²) < 4.78 is 29.3. The molecule has 2 aromatic rings. The number of carbonyl (C=O) groups is 1. The molecular weight excluding hydrogens is 479 g/mol. The van der Waals surface area contributed by atoms with Gasteiger partial charge in [0.1, 0.15) is 11.1 Å². The molecule has 0 radical (unpaired) electrons. The molecule has 0 saturated heterocycles. The third kappa shape index (κ3) is 6.50. The van der Waals surface area contributed by atoms with Crippen LogP contribution in [0.25, 0.3) is 0 Å². The topological polar surface area (TPSA) is 148 Å². The molecule has 33 heavy (non-hydrogen) atoms. The fourth-order valence-electron chi connectivity index (χ4n) is 2.55. The lowest BCUT2D eigenvalue weighted by Gasteiger charge is -2.20. The largest absolute Gasteiger partial charge is 0.450 e. The van der Waals surface area contributed by atoms with Crippen molar-refractivity contribution in [2.45, 2.75) is 27.7 Å². The summed E-state index contributed by atoms with van der Waals surface area (Å²) in [5.41, 5.74) is -1.75. The van der Waals surface area contributed by atoms with Gasteiger partial charge in [-0.25, -0.2) is 0 Å². The molecule has 0 bridgehead atoms. The first-order valence-electron chi connectivity index (χ1n) is 9.60. The minimum atomic E-state index is -3.88. The fourth-order valence-corrected chi connectivity index (χ4v) is 4.43. The summed E-state index contributed by atoms with van der Waals surface area (Å²) >= 11 is 5.80. The molecule has 0 heterocycles. The van der Waals surface area contributed by atoms with Crippen LogP contribution in [0.4, 0.5) is 11.4 Å². The molecule has 0 fully saturated rings. The lowest BCUT2D eigenvalue weighted by Crippen LogP contribution is -2.24. The van der Waals surface area contributed by atoms with E-state index in [4.69, 9.17) is 25.6 Å². The molecule has 0 aliphatic rings. The summed E-state index contributed by atoms with van der Waals surface area (Å²) in [5, 5.41) is 22.7. The highest BCUT2D eigenvalue weighted by atomic mass is 35.5. The third-order valence-electron chi connectivity index (χ3n) is 4.34. The normalized spacial score (nSPS) is 13.1. The van der Waals surface area contributed by atoms with Crippen molar-refractivity contribution >= 4 is 41.6 Å². The van der Waals surface area contributed by atoms with Crippen molar-refractivity contribution in [2.75, 3.05) is 13.0 Å². The number of nitro benzene ring substituents is 2. The molecule has 1 atom stereocenters. The molecule has 11 nitrogen and oxygen atoms in total. The summed E-state index contributed by atoms with van der Waals surface area (Å²) in [7, 11) is -3.88. The van der Waals surface area contributed by atoms with E-state index >= 15 is 0 Å². The van der Waals surface area contributed by atoms with Crippen LogP contribution in [0.1, 0.15) is 27.7 Å². The number of halogens is 1. The Morgan fingerprint density at radius 1 is 1.06 bits per heavy atom. The van der Waals surface area contributed by atoms with Gasteiger partial charge in [-0.1, -0.05) is 18.5 Å². The summed E-state index contributed by atoms with van der Waals surface area (Å²) in [6, 6.07) is 7.11. The quantitative estimate of drug-likeness (QED) is 0.144. The summed E-state index contributed by atoms with van der Waals surface area (Å²) in [6.45, 7) is 5.68. The predicted octanol–water partition coefficient (Wildman–Crippen LogP) is 5.44. The van der Waals surface area contributed by atoms with Crippen LogP contribution in [0.3, 0.4) is 0 Å². The van der Waals surface area contributed by atoms with E-state index in [9.17, 15) is 29.6 Å². The molecule has 1 unspecified atom stereocenters. The van der Waals surface area contributed by atoms with E-state index in [0.29, 0.717) is 0 Å². The van der Waals surface area contributed by atoms with Crippen LogP contribution in [-0.4, -0.2) is 28.8 Å². The number of hydrogen-bond donors (Lipinski definition) is 0. The van der Waals surface area contributed by atoms with Gasteiger partial charge in [0.2, 0.25) is 13.1 Å². The van der Waals surface area contributed by atoms with Crippen molar-refractivity contribution in [3.8, 4) is 11.5 Å². The number of nitro groups is 2. The highest BCUT2D eigenvalue weighted by Crippen LogP contribution is 2.49. The van der Waals surface area contributed by atoms with Crippen molar-refractivity contribution in [3.63, 3.8) is 0 Å². The molecular formula is C20H22ClN2O9P. The Kier molecular flexibility index (Phi) is 8.18. The zero-order valence-corrected chi connectivity index (χ0v) is 19.9. The van der Waals surface area contributed by atoms with Gasteiger partial charge in [0.15, 0.2) is 6.79 Å². The van der Waals surface area contributed by atoms with E-state index in [0.717, 1.165) is 18.2 Å². The number of rotatable bonds is 9. The Bertz CT molecular complexity index is 1130. The molecule has 0 spiro atoms. The second kappa shape index (κ2) is 10.3. The molecule has 2 aromatic carbocycles. The van der Waals surface area contributed by atoms with Gasteiger partial charge in [-0.2, -0.15) is 0 Å². The standard InChI is InChI=1S/C20H22ClN2O9P/c1-5-33(29,31-12-30-19(24)20(2,3)4)18-11-14(7-8-15(18)22(25)26)32-17-9-6-13(21)10-16(17)23(27)28/h6-11H,5,12H2,1-4H3. The highest BCUT2D eigenvalue weighted by Gasteiger charge is 2.34. The van der Waals surface area contributed by atoms with E-state index < -0.39 is 46.8 Å². The van der Waals surface area contributed by atoms with Crippen LogP contribution in [0.2, 0.25) is 5.02 Å². The van der Waals surface area contributed by atoms with Crippen molar-refractivity contribution in [1.82, 2.24) is 0 Å². The summed E-state index contributed by atoms with van der Waals surface area (Å²) in [4.78, 5) is 33.3. The summed E-state index contributed by atoms with van der Waals surface area (Å²) in [5.74, 6) is -0.827. The van der Waals surface area contributed by atoms with E-state index in [1.54, 1.807) is 20.8 Å². The Morgan fingerprint density at radius 3 is 2.24 bits per heavy atom. The van der Waals surface area contributed by atoms with Crippen molar-refractivity contribution in [3.05, 3.63) is 61.6 Å². The van der Waals surface area contributed by atoms with Gasteiger partial charge in [0.05, 0.1) is 15.3 Å². The van der Waals surface area contributed by atoms with E-state index in [1.807, 2.05) is 0 Å². The Labute approximate surface area is 194 Å². The third-order valence-corrected chi connectivity index (χ3v) is 7.02. The molecule has 0 saturated carbocycles. The van der Waals surface area contributed by atoms with Gasteiger partial charge >= 0.3 is 11.7 Å². The molecule has 178 valence electrons. The van der Waals surface area contributed by atoms with Crippen LogP contribution in [0, 0.1) is 25.6 Å². The minimum absolute atomic E-state index is 0.0509. The number of ether oxygens (including phenoxy) is 2. The molecule has 13 heteroatoms. The van der Waals surface area contributed by atoms with E-state index in [1.165, 1.54) is 25.1 Å². The maximum absolute atomic E-state index is 13.5. The monoisotopic (exact) mass is 500 g/mol. The van der Waals surface area contributed by atoms with Gasteiger partial charge in [-0.15, -0.1) is 0 Å². The molecule has 0 amide bonds. The highest BCUT2D eigenvalue weighted by molar-refractivity contribution is 7.67. The predicted molar refractivity (Wildman–Crippen MR) is 121 cm³/mol. The van der Waals surface area contributed by atoms with Crippen LogP contribution in [0.15, 0.2) is 36.4 Å². The first kappa shape index (κ1) is 26.2. The van der Waals surface area contributed by atoms with E-state index in [-0.39, 0.29) is 28.0 Å². The molecule has 0 aromatic heterocycles. The zero-order valence-electron chi connectivity index (χ0n) is 18.3. The second-order valence-corrected chi connectivity index (χ2v) is 11.0. The van der Waals surface area contributed by atoms with Gasteiger partial charge in [0, 0.05) is 29.4 Å². The molecule has 0 aliphatic carbocycles. The maximum atomic E-state index is 13.5. The van der Waals surface area contributed by atoms with Gasteiger partial charge in [-0.05, 0) is 39.0 Å². The zero-order chi connectivity index (χ0) is 25.0. The number of benzene rings is 2. The lowest BCUT2D eigenvalue weighted by atomic mass is 9.98. The molecule has 0 N–H and O–H groups in total. The first-order chi connectivity index (χ1) is 15.3. The average molecular weight is 501 g/mol. The van der Waals surface area contributed by atoms with Crippen LogP contribution in [-0.2, 0) is 18.6 Å². The van der Waals surface area contributed by atoms with Crippen molar-refractivity contribution < 1.29 is 33.2 Å². The first-order valence-corrected chi connectivity index (χ1v) is 11.8. The van der Waals surface area contributed by atoms with Crippen LogP contribution in [0.5, 0.6) is 11.5 Å². The Hall–Kier alpha value is -3.01. The minimum Gasteiger partial charge on any atom is -0.450 e. The fraction of sp³-hybridized carbons (Fsp3) is 0.350. The molecule has 0 aliphatic heterocycles. The number of nitrogens with zero attached hydrogens (tertiary/aromatic N) is 2. The van der Waals surface area contributed by atoms with Crippen molar-refractivity contribution in [1.29, 1.82) is 0 Å². The number of hydrogen-bond acceptors (Lipinski definition) is 9. The second-order valence-electron chi connectivity index (χ2n) is 7.80. The van der Waals surface area contributed by atoms with Crippen molar-refractivity contribution in [2.24, 2.45) is 5.41 Å².